The summed E-state index contributed by atoms with van der Waals surface area (Å²) in [6, 6.07) is 3.30. The fraction of sp³-hybridized carbons (Fsp3) is 0.250. The lowest BCUT2D eigenvalue weighted by molar-refractivity contribution is -0.0500. The van der Waals surface area contributed by atoms with Gasteiger partial charge in [-0.05, 0) is 12.1 Å². The van der Waals surface area contributed by atoms with Crippen LogP contribution in [0.2, 0.25) is 0 Å². The molecule has 9 heteroatoms. The number of hydrogen-bond donors (Lipinski definition) is 0. The molecule has 0 saturated heterocycles. The van der Waals surface area contributed by atoms with Crippen LogP contribution in [0.4, 0.5) is 13.2 Å². The van der Waals surface area contributed by atoms with Crippen LogP contribution in [0.25, 0.3) is 0 Å². The molecule has 5 nitrogen and oxygen atoms in total. The summed E-state index contributed by atoms with van der Waals surface area (Å²) in [4.78, 5) is 0. The quantitative estimate of drug-likeness (QED) is 0.604. The molecule has 0 fully saturated rings. The van der Waals surface area contributed by atoms with Gasteiger partial charge >= 0.3 is 15.6 Å². The molecule has 1 heterocycles. The topological polar surface area (TPSA) is 61.8 Å². The molecule has 0 atom stereocenters. The smallest absolute Gasteiger partial charge is 0.454 e. The Labute approximate surface area is 93.8 Å². The van der Waals surface area contributed by atoms with Gasteiger partial charge in [0.15, 0.2) is 11.5 Å². The normalized spacial score (nSPS) is 14.8. The lowest BCUT2D eigenvalue weighted by Gasteiger charge is -2.09. The summed E-state index contributed by atoms with van der Waals surface area (Å²) in [6.07, 6.45) is 0. The maximum Gasteiger partial charge on any atom is 0.534 e. The van der Waals surface area contributed by atoms with E-state index in [-0.39, 0.29) is 12.5 Å². The van der Waals surface area contributed by atoms with Crippen molar-refractivity contribution in [2.24, 2.45) is 0 Å². The Balaban J connectivity index is 2.26. The highest BCUT2D eigenvalue weighted by atomic mass is 32.2. The van der Waals surface area contributed by atoms with Crippen LogP contribution < -0.4 is 13.7 Å². The highest BCUT2D eigenvalue weighted by Crippen LogP contribution is 2.36. The lowest BCUT2D eigenvalue weighted by Crippen LogP contribution is -2.28. The minimum atomic E-state index is -5.66. The van der Waals surface area contributed by atoms with Gasteiger partial charge in [-0.15, -0.1) is 0 Å². The SMILES string of the molecule is O=S(=O)(Oc1ccc2c(c1)OCO2)C(F)(F)F. The van der Waals surface area contributed by atoms with E-state index >= 15 is 0 Å². The van der Waals surface area contributed by atoms with Gasteiger partial charge in [-0.2, -0.15) is 21.6 Å². The van der Waals surface area contributed by atoms with Crippen molar-refractivity contribution in [2.75, 3.05) is 6.79 Å². The van der Waals surface area contributed by atoms with Crippen LogP contribution in [-0.4, -0.2) is 20.7 Å². The van der Waals surface area contributed by atoms with Crippen LogP contribution in [0, 0.1) is 0 Å². The second kappa shape index (κ2) is 3.69. The second-order valence-corrected chi connectivity index (χ2v) is 4.54. The van der Waals surface area contributed by atoms with Gasteiger partial charge in [-0.3, -0.25) is 0 Å². The van der Waals surface area contributed by atoms with Gasteiger partial charge in [0, 0.05) is 6.07 Å². The van der Waals surface area contributed by atoms with Gasteiger partial charge in [0.2, 0.25) is 6.79 Å². The highest BCUT2D eigenvalue weighted by Gasteiger charge is 2.48. The van der Waals surface area contributed by atoms with Gasteiger partial charge in [-0.25, -0.2) is 0 Å². The zero-order valence-electron chi connectivity index (χ0n) is 8.02. The third-order valence-electron chi connectivity index (χ3n) is 1.83. The van der Waals surface area contributed by atoms with E-state index < -0.39 is 21.4 Å². The van der Waals surface area contributed by atoms with E-state index in [1.807, 2.05) is 0 Å². The van der Waals surface area contributed by atoms with E-state index in [0.29, 0.717) is 5.75 Å². The van der Waals surface area contributed by atoms with Crippen molar-refractivity contribution in [2.45, 2.75) is 5.51 Å². The Bertz CT molecular complexity index is 537. The van der Waals surface area contributed by atoms with Crippen molar-refractivity contribution in [3.05, 3.63) is 18.2 Å². The second-order valence-electron chi connectivity index (χ2n) is 3.00. The molecular weight excluding hydrogens is 265 g/mol. The fourth-order valence-corrected chi connectivity index (χ4v) is 1.55. The molecule has 0 aliphatic carbocycles. The molecular formula is C8H5F3O5S. The molecule has 17 heavy (non-hydrogen) atoms. The lowest BCUT2D eigenvalue weighted by atomic mass is 10.3. The van der Waals surface area contributed by atoms with Crippen molar-refractivity contribution in [3.8, 4) is 17.2 Å². The number of halogens is 3. The summed E-state index contributed by atoms with van der Waals surface area (Å²) in [5.74, 6) is -0.0618. The van der Waals surface area contributed by atoms with Gasteiger partial charge in [0.05, 0.1) is 0 Å². The van der Waals surface area contributed by atoms with Crippen molar-refractivity contribution in [1.29, 1.82) is 0 Å². The first kappa shape index (κ1) is 11.8. The predicted octanol–water partition coefficient (Wildman–Crippen LogP) is 1.64. The molecule has 0 unspecified atom stereocenters. The zero-order chi connectivity index (χ0) is 12.7. The molecule has 0 aromatic heterocycles. The number of benzene rings is 1. The minimum absolute atomic E-state index is 0.0786. The van der Waals surface area contributed by atoms with Crippen LogP contribution in [0.3, 0.4) is 0 Å². The van der Waals surface area contributed by atoms with Gasteiger partial charge in [-0.1, -0.05) is 0 Å². The molecule has 2 rings (SSSR count). The first-order valence-electron chi connectivity index (χ1n) is 4.20. The number of fused-ring (bicyclic) bond motifs is 1. The molecule has 0 amide bonds. The highest BCUT2D eigenvalue weighted by molar-refractivity contribution is 7.87. The first-order chi connectivity index (χ1) is 7.79. The van der Waals surface area contributed by atoms with Crippen LogP contribution in [-0.2, 0) is 10.1 Å². The molecule has 94 valence electrons. The molecule has 0 bridgehead atoms. The summed E-state index contributed by atoms with van der Waals surface area (Å²) in [5, 5.41) is 0. The summed E-state index contributed by atoms with van der Waals surface area (Å²) in [6.45, 7) is -0.0786. The van der Waals surface area contributed by atoms with Crippen LogP contribution >= 0.6 is 0 Å². The van der Waals surface area contributed by atoms with Gasteiger partial charge in [0.25, 0.3) is 0 Å². The maximum atomic E-state index is 12.0. The number of hydrogen-bond acceptors (Lipinski definition) is 5. The molecule has 0 spiro atoms. The Hall–Kier alpha value is -1.64. The predicted molar refractivity (Wildman–Crippen MR) is 48.2 cm³/mol. The zero-order valence-corrected chi connectivity index (χ0v) is 8.84. The van der Waals surface area contributed by atoms with E-state index in [1.165, 1.54) is 6.07 Å². The van der Waals surface area contributed by atoms with Gasteiger partial charge < -0.3 is 13.7 Å². The van der Waals surface area contributed by atoms with Crippen molar-refractivity contribution in [3.63, 3.8) is 0 Å². The summed E-state index contributed by atoms with van der Waals surface area (Å²) < 4.78 is 71.1. The molecule has 1 aromatic rings. The Morgan fingerprint density at radius 3 is 2.47 bits per heavy atom. The van der Waals surface area contributed by atoms with Gasteiger partial charge in [0.1, 0.15) is 5.75 Å². The number of rotatable bonds is 2. The van der Waals surface area contributed by atoms with E-state index in [9.17, 15) is 21.6 Å². The Kier molecular flexibility index (Phi) is 2.57. The first-order valence-corrected chi connectivity index (χ1v) is 5.61. The molecule has 1 aliphatic rings. The average molecular weight is 270 g/mol. The summed E-state index contributed by atoms with van der Waals surface area (Å²) >= 11 is 0. The number of ether oxygens (including phenoxy) is 2. The van der Waals surface area contributed by atoms with Crippen molar-refractivity contribution in [1.82, 2.24) is 0 Å². The average Bonchev–Trinajstić information content (AvgIpc) is 2.62. The summed E-state index contributed by atoms with van der Waals surface area (Å²) in [5.41, 5.74) is -5.47. The Morgan fingerprint density at radius 2 is 1.82 bits per heavy atom. The standard InChI is InChI=1S/C8H5F3O5S/c9-8(10,11)17(12,13)16-5-1-2-6-7(3-5)15-4-14-6/h1-3H,4H2. The minimum Gasteiger partial charge on any atom is -0.454 e. The summed E-state index contributed by atoms with van der Waals surface area (Å²) in [7, 11) is -5.66. The van der Waals surface area contributed by atoms with Crippen LogP contribution in [0.15, 0.2) is 18.2 Å². The molecule has 1 aromatic carbocycles. The maximum absolute atomic E-state index is 12.0. The molecule has 0 N–H and O–H groups in total. The molecule has 0 radical (unpaired) electrons. The third kappa shape index (κ3) is 2.23. The van der Waals surface area contributed by atoms with E-state index in [1.54, 1.807) is 0 Å². The molecule has 0 saturated carbocycles. The fourth-order valence-electron chi connectivity index (χ4n) is 1.10. The van der Waals surface area contributed by atoms with Crippen LogP contribution in [0.1, 0.15) is 0 Å². The molecule has 1 aliphatic heterocycles. The largest absolute Gasteiger partial charge is 0.534 e. The monoisotopic (exact) mass is 270 g/mol. The Morgan fingerprint density at radius 1 is 1.18 bits per heavy atom. The van der Waals surface area contributed by atoms with Crippen molar-refractivity contribution < 1.29 is 35.2 Å². The van der Waals surface area contributed by atoms with E-state index in [4.69, 9.17) is 9.47 Å². The van der Waals surface area contributed by atoms with E-state index in [2.05, 4.69) is 4.18 Å². The number of alkyl halides is 3. The third-order valence-corrected chi connectivity index (χ3v) is 2.81. The van der Waals surface area contributed by atoms with E-state index in [0.717, 1.165) is 12.1 Å². The van der Waals surface area contributed by atoms with Crippen molar-refractivity contribution >= 4 is 10.1 Å². The van der Waals surface area contributed by atoms with Crippen LogP contribution in [0.5, 0.6) is 17.2 Å².